The van der Waals surface area contributed by atoms with E-state index in [2.05, 4.69) is 15.0 Å². The maximum Gasteiger partial charge on any atom is 0.312 e. The quantitative estimate of drug-likeness (QED) is 0.680. The predicted molar refractivity (Wildman–Crippen MR) is 70.5 cm³/mol. The van der Waals surface area contributed by atoms with Crippen LogP contribution in [0.2, 0.25) is 0 Å². The molecule has 2 aromatic rings. The van der Waals surface area contributed by atoms with E-state index in [4.69, 9.17) is 10.5 Å². The van der Waals surface area contributed by atoms with Crippen LogP contribution in [0.1, 0.15) is 26.0 Å². The number of hydrogen-bond acceptors (Lipinski definition) is 7. The van der Waals surface area contributed by atoms with Crippen LogP contribution in [-0.4, -0.2) is 48.0 Å². The van der Waals surface area contributed by atoms with Gasteiger partial charge in [-0.15, -0.1) is 0 Å². The minimum Gasteiger partial charge on any atom is -0.393 e. The molecule has 21 heavy (non-hydrogen) atoms. The lowest BCUT2D eigenvalue weighted by molar-refractivity contribution is -0.128. The van der Waals surface area contributed by atoms with E-state index in [0.29, 0.717) is 6.42 Å². The number of fused-ring (bicyclic) bond motifs is 1. The molecule has 1 aliphatic heterocycles. The zero-order chi connectivity index (χ0) is 15.2. The van der Waals surface area contributed by atoms with Crippen molar-refractivity contribution in [3.63, 3.8) is 0 Å². The fourth-order valence-corrected chi connectivity index (χ4v) is 2.67. The highest BCUT2D eigenvalue weighted by molar-refractivity contribution is 5.81. The van der Waals surface area contributed by atoms with Crippen LogP contribution in [-0.2, 0) is 4.74 Å². The summed E-state index contributed by atoms with van der Waals surface area (Å²) in [4.78, 5) is 11.1. The van der Waals surface area contributed by atoms with Crippen LogP contribution in [0.4, 0.5) is 10.2 Å². The summed E-state index contributed by atoms with van der Waals surface area (Å²) in [6.07, 6.45) is -0.297. The lowest BCUT2D eigenvalue weighted by Crippen LogP contribution is -2.42. The van der Waals surface area contributed by atoms with Gasteiger partial charge < -0.3 is 20.7 Å². The molecule has 3 atom stereocenters. The first-order valence-electron chi connectivity index (χ1n) is 6.63. The van der Waals surface area contributed by atoms with E-state index < -0.39 is 24.0 Å². The molecule has 1 saturated heterocycles. The normalized spacial score (nSPS) is 29.3. The minimum atomic E-state index is -1.03. The molecule has 0 bridgehead atoms. The van der Waals surface area contributed by atoms with E-state index in [1.165, 1.54) is 10.9 Å². The molecule has 3 rings (SSSR count). The SMILES string of the molecule is CC[C@]1(CO)O[C@@H](n2cnc3c(N)nc(F)nc32)C[C@@H]1O. The molecule has 0 spiro atoms. The first-order chi connectivity index (χ1) is 10.0. The second-order valence-electron chi connectivity index (χ2n) is 5.10. The molecule has 0 radical (unpaired) electrons. The van der Waals surface area contributed by atoms with E-state index in [9.17, 15) is 14.6 Å². The van der Waals surface area contributed by atoms with Gasteiger partial charge in [0.2, 0.25) is 0 Å². The van der Waals surface area contributed by atoms with Crippen molar-refractivity contribution in [2.45, 2.75) is 37.7 Å². The number of nitrogens with zero attached hydrogens (tertiary/aromatic N) is 4. The van der Waals surface area contributed by atoms with Crippen molar-refractivity contribution in [2.75, 3.05) is 12.3 Å². The van der Waals surface area contributed by atoms with Crippen LogP contribution in [0.15, 0.2) is 6.33 Å². The van der Waals surface area contributed by atoms with E-state index in [0.717, 1.165) is 0 Å². The minimum absolute atomic E-state index is 0.0568. The van der Waals surface area contributed by atoms with Gasteiger partial charge in [0.25, 0.3) is 0 Å². The van der Waals surface area contributed by atoms with Gasteiger partial charge in [0.05, 0.1) is 19.0 Å². The molecule has 1 aliphatic rings. The molecular formula is C12H16FN5O3. The Balaban J connectivity index is 2.03. The predicted octanol–water partition coefficient (Wildman–Crippen LogP) is -0.0315. The number of halogens is 1. The van der Waals surface area contributed by atoms with Gasteiger partial charge in [0.15, 0.2) is 17.0 Å². The number of aromatic nitrogens is 4. The molecule has 0 aromatic carbocycles. The Bertz CT molecular complexity index is 672. The third-order valence-electron chi connectivity index (χ3n) is 4.00. The van der Waals surface area contributed by atoms with E-state index in [1.807, 2.05) is 6.92 Å². The highest BCUT2D eigenvalue weighted by Gasteiger charge is 2.47. The molecule has 9 heteroatoms. The fourth-order valence-electron chi connectivity index (χ4n) is 2.67. The lowest BCUT2D eigenvalue weighted by Gasteiger charge is -2.28. The average molecular weight is 297 g/mol. The van der Waals surface area contributed by atoms with E-state index in [-0.39, 0.29) is 30.0 Å². The molecule has 0 aliphatic carbocycles. The van der Waals surface area contributed by atoms with Crippen molar-refractivity contribution in [2.24, 2.45) is 0 Å². The van der Waals surface area contributed by atoms with Gasteiger partial charge in [-0.3, -0.25) is 4.57 Å². The number of ether oxygens (including phenoxy) is 1. The molecule has 2 aromatic heterocycles. The number of nitrogen functional groups attached to an aromatic ring is 1. The van der Waals surface area contributed by atoms with Crippen LogP contribution >= 0.6 is 0 Å². The van der Waals surface area contributed by atoms with Gasteiger partial charge in [0, 0.05) is 6.42 Å². The van der Waals surface area contributed by atoms with Crippen LogP contribution in [0.25, 0.3) is 11.2 Å². The molecule has 0 amide bonds. The molecule has 3 heterocycles. The van der Waals surface area contributed by atoms with Crippen molar-refractivity contribution in [1.82, 2.24) is 19.5 Å². The van der Waals surface area contributed by atoms with E-state index in [1.54, 1.807) is 0 Å². The Morgan fingerprint density at radius 2 is 2.33 bits per heavy atom. The smallest absolute Gasteiger partial charge is 0.312 e. The zero-order valence-electron chi connectivity index (χ0n) is 11.4. The number of imidazole rings is 1. The standard InChI is InChI=1S/C12H16FN5O3/c1-2-12(4-19)6(20)3-7(21-12)18-5-15-8-9(14)16-11(13)17-10(8)18/h5-7,19-20H,2-4H2,1H3,(H2,14,16,17)/t6-,7+,12+/m0/s1. The van der Waals surface area contributed by atoms with Crippen molar-refractivity contribution >= 4 is 17.0 Å². The maximum absolute atomic E-state index is 13.3. The molecule has 0 unspecified atom stereocenters. The van der Waals surface area contributed by atoms with Gasteiger partial charge in [-0.1, -0.05) is 6.92 Å². The van der Waals surface area contributed by atoms with Gasteiger partial charge in [-0.25, -0.2) is 4.98 Å². The molecule has 4 N–H and O–H groups in total. The lowest BCUT2D eigenvalue weighted by atomic mass is 9.95. The maximum atomic E-state index is 13.3. The fraction of sp³-hybridized carbons (Fsp3) is 0.583. The van der Waals surface area contributed by atoms with Crippen LogP contribution < -0.4 is 5.73 Å². The Kier molecular flexibility index (Phi) is 3.27. The highest BCUT2D eigenvalue weighted by atomic mass is 19.1. The summed E-state index contributed by atoms with van der Waals surface area (Å²) in [6.45, 7) is 1.51. The summed E-state index contributed by atoms with van der Waals surface area (Å²) < 4.78 is 20.6. The largest absolute Gasteiger partial charge is 0.393 e. The Morgan fingerprint density at radius 1 is 1.57 bits per heavy atom. The number of aliphatic hydroxyl groups excluding tert-OH is 2. The topological polar surface area (TPSA) is 119 Å². The number of rotatable bonds is 3. The highest BCUT2D eigenvalue weighted by Crippen LogP contribution is 2.39. The summed E-state index contributed by atoms with van der Waals surface area (Å²) in [5, 5.41) is 19.6. The molecule has 0 saturated carbocycles. The molecule has 8 nitrogen and oxygen atoms in total. The van der Waals surface area contributed by atoms with Gasteiger partial charge >= 0.3 is 6.08 Å². The van der Waals surface area contributed by atoms with Crippen molar-refractivity contribution in [3.8, 4) is 0 Å². The Labute approximate surface area is 119 Å². The Hall–Kier alpha value is -1.84. The van der Waals surface area contributed by atoms with E-state index >= 15 is 0 Å². The summed E-state index contributed by atoms with van der Waals surface area (Å²) >= 11 is 0. The molecular weight excluding hydrogens is 281 g/mol. The second kappa shape index (κ2) is 4.86. The zero-order valence-corrected chi connectivity index (χ0v) is 11.4. The second-order valence-corrected chi connectivity index (χ2v) is 5.10. The number of nitrogens with two attached hydrogens (primary N) is 1. The number of anilines is 1. The summed E-state index contributed by atoms with van der Waals surface area (Å²) in [5.41, 5.74) is 5.04. The number of hydrogen-bond donors (Lipinski definition) is 3. The van der Waals surface area contributed by atoms with Gasteiger partial charge in [-0.05, 0) is 6.42 Å². The van der Waals surface area contributed by atoms with Crippen molar-refractivity contribution < 1.29 is 19.3 Å². The third-order valence-corrected chi connectivity index (χ3v) is 4.00. The van der Waals surface area contributed by atoms with Gasteiger partial charge in [0.1, 0.15) is 11.8 Å². The monoisotopic (exact) mass is 297 g/mol. The third kappa shape index (κ3) is 2.04. The Morgan fingerprint density at radius 3 is 2.95 bits per heavy atom. The van der Waals surface area contributed by atoms with Crippen molar-refractivity contribution in [1.29, 1.82) is 0 Å². The van der Waals surface area contributed by atoms with Crippen LogP contribution in [0.5, 0.6) is 0 Å². The number of aliphatic hydroxyl groups is 2. The summed E-state index contributed by atoms with van der Waals surface area (Å²) in [6, 6.07) is 0. The van der Waals surface area contributed by atoms with Crippen LogP contribution in [0, 0.1) is 6.08 Å². The average Bonchev–Trinajstić information content (AvgIpc) is 3.00. The molecule has 114 valence electrons. The summed E-state index contributed by atoms with van der Waals surface area (Å²) in [7, 11) is 0. The van der Waals surface area contributed by atoms with Crippen LogP contribution in [0.3, 0.4) is 0 Å². The summed E-state index contributed by atoms with van der Waals surface area (Å²) in [5.74, 6) is -0.0568. The first kappa shape index (κ1) is 14.1. The van der Waals surface area contributed by atoms with Gasteiger partial charge in [-0.2, -0.15) is 14.4 Å². The molecule has 1 fully saturated rings. The first-order valence-corrected chi connectivity index (χ1v) is 6.63. The van der Waals surface area contributed by atoms with Crippen molar-refractivity contribution in [3.05, 3.63) is 12.4 Å².